The fourth-order valence-corrected chi connectivity index (χ4v) is 3.83. The van der Waals surface area contributed by atoms with Crippen molar-refractivity contribution in [3.05, 3.63) is 48.0 Å². The average Bonchev–Trinajstić information content (AvgIpc) is 2.56. The van der Waals surface area contributed by atoms with Crippen LogP contribution in [0.5, 0.6) is 0 Å². The smallest absolute Gasteiger partial charge is 0.304 e. The number of hydrogen-bond acceptors (Lipinski definition) is 5. The van der Waals surface area contributed by atoms with Gasteiger partial charge in [-0.2, -0.15) is 5.26 Å². The van der Waals surface area contributed by atoms with Crippen molar-refractivity contribution in [1.29, 1.82) is 5.26 Å². The van der Waals surface area contributed by atoms with E-state index >= 15 is 0 Å². The van der Waals surface area contributed by atoms with Gasteiger partial charge >= 0.3 is 5.97 Å². The van der Waals surface area contributed by atoms with Gasteiger partial charge in [0.05, 0.1) is 11.4 Å². The third-order valence-corrected chi connectivity index (χ3v) is 4.78. The Kier molecular flexibility index (Phi) is 4.26. The standard InChI is InChI=1S/C18H16N2O2S/c1-3-20-14-6-4-5-7-17(14)23-18-10-13(8-9-15(18)20)16(11-19)22-12(2)21/h4-10,16H,3H2,1-2H3/t16-/m0/s1. The number of carbonyl (C=O) groups excluding carboxylic acids is 1. The van der Waals surface area contributed by atoms with Gasteiger partial charge in [0.1, 0.15) is 6.07 Å². The molecule has 1 heterocycles. The molecule has 0 bridgehead atoms. The minimum absolute atomic E-state index is 0.456. The van der Waals surface area contributed by atoms with Crippen LogP contribution in [-0.4, -0.2) is 12.5 Å². The molecule has 4 nitrogen and oxygen atoms in total. The minimum atomic E-state index is -0.870. The highest BCUT2D eigenvalue weighted by molar-refractivity contribution is 7.99. The summed E-state index contributed by atoms with van der Waals surface area (Å²) in [5.41, 5.74) is 3.00. The molecule has 0 spiro atoms. The lowest BCUT2D eigenvalue weighted by atomic mass is 10.1. The number of esters is 1. The van der Waals surface area contributed by atoms with Crippen molar-refractivity contribution in [2.75, 3.05) is 11.4 Å². The van der Waals surface area contributed by atoms with Gasteiger partial charge in [-0.25, -0.2) is 0 Å². The van der Waals surface area contributed by atoms with Gasteiger partial charge in [0.2, 0.25) is 6.10 Å². The van der Waals surface area contributed by atoms with Crippen LogP contribution < -0.4 is 4.90 Å². The van der Waals surface area contributed by atoms with Crippen molar-refractivity contribution in [2.45, 2.75) is 29.7 Å². The van der Waals surface area contributed by atoms with Crippen LogP contribution in [0.15, 0.2) is 52.3 Å². The minimum Gasteiger partial charge on any atom is -0.442 e. The molecule has 1 atom stereocenters. The molecule has 0 fully saturated rings. The van der Waals surface area contributed by atoms with E-state index in [1.165, 1.54) is 17.5 Å². The number of nitrogens with zero attached hydrogens (tertiary/aromatic N) is 2. The molecular formula is C18H16N2O2S. The maximum Gasteiger partial charge on any atom is 0.304 e. The maximum absolute atomic E-state index is 11.2. The highest BCUT2D eigenvalue weighted by Crippen LogP contribution is 2.48. The van der Waals surface area contributed by atoms with Gasteiger partial charge in [-0.3, -0.25) is 4.79 Å². The molecule has 0 unspecified atom stereocenters. The number of rotatable bonds is 3. The average molecular weight is 324 g/mol. The monoisotopic (exact) mass is 324 g/mol. The molecule has 1 aliphatic rings. The second-order valence-corrected chi connectivity index (χ2v) is 6.24. The van der Waals surface area contributed by atoms with Crippen LogP contribution in [0.4, 0.5) is 11.4 Å². The zero-order chi connectivity index (χ0) is 16.4. The summed E-state index contributed by atoms with van der Waals surface area (Å²) in [6.45, 7) is 4.28. The van der Waals surface area contributed by atoms with Gasteiger partial charge in [0.15, 0.2) is 0 Å². The Morgan fingerprint density at radius 2 is 2.00 bits per heavy atom. The highest BCUT2D eigenvalue weighted by atomic mass is 32.2. The molecule has 23 heavy (non-hydrogen) atoms. The molecule has 2 aromatic rings. The molecule has 0 aromatic heterocycles. The van der Waals surface area contributed by atoms with Crippen LogP contribution >= 0.6 is 11.8 Å². The van der Waals surface area contributed by atoms with E-state index in [4.69, 9.17) is 4.74 Å². The first-order valence-electron chi connectivity index (χ1n) is 7.39. The molecule has 0 amide bonds. The molecule has 0 N–H and O–H groups in total. The second kappa shape index (κ2) is 6.35. The molecule has 2 aromatic carbocycles. The Bertz CT molecular complexity index is 798. The zero-order valence-electron chi connectivity index (χ0n) is 12.9. The van der Waals surface area contributed by atoms with Gasteiger partial charge in [0.25, 0.3) is 0 Å². The number of nitriles is 1. The topological polar surface area (TPSA) is 53.3 Å². The summed E-state index contributed by atoms with van der Waals surface area (Å²) < 4.78 is 5.08. The second-order valence-electron chi connectivity index (χ2n) is 5.16. The molecule has 0 aliphatic carbocycles. The van der Waals surface area contributed by atoms with Crippen LogP contribution in [0.1, 0.15) is 25.5 Å². The van der Waals surface area contributed by atoms with Crippen molar-refractivity contribution in [3.8, 4) is 6.07 Å². The van der Waals surface area contributed by atoms with E-state index in [1.807, 2.05) is 36.4 Å². The Hall–Kier alpha value is -2.45. The van der Waals surface area contributed by atoms with Crippen LogP contribution in [-0.2, 0) is 9.53 Å². The van der Waals surface area contributed by atoms with E-state index in [1.54, 1.807) is 11.8 Å². The number of carbonyl (C=O) groups is 1. The molecule has 0 saturated carbocycles. The van der Waals surface area contributed by atoms with Gasteiger partial charge in [-0.15, -0.1) is 0 Å². The van der Waals surface area contributed by atoms with Crippen LogP contribution in [0.2, 0.25) is 0 Å². The van der Waals surface area contributed by atoms with Crippen LogP contribution in [0, 0.1) is 11.3 Å². The number of ether oxygens (including phenoxy) is 1. The van der Waals surface area contributed by atoms with E-state index in [-0.39, 0.29) is 0 Å². The summed E-state index contributed by atoms with van der Waals surface area (Å²) >= 11 is 1.67. The fraction of sp³-hybridized carbons (Fsp3) is 0.222. The van der Waals surface area contributed by atoms with Gasteiger partial charge in [-0.1, -0.05) is 30.0 Å². The Morgan fingerprint density at radius 3 is 2.70 bits per heavy atom. The highest BCUT2D eigenvalue weighted by Gasteiger charge is 2.24. The number of fused-ring (bicyclic) bond motifs is 2. The van der Waals surface area contributed by atoms with Gasteiger partial charge in [-0.05, 0) is 31.2 Å². The Labute approximate surface area is 139 Å². The maximum atomic E-state index is 11.2. The SMILES string of the molecule is CCN1c2ccccc2Sc2cc([C@H](C#N)OC(C)=O)ccc21. The molecule has 116 valence electrons. The molecule has 5 heteroatoms. The molecule has 1 aliphatic heterocycles. The summed E-state index contributed by atoms with van der Waals surface area (Å²) in [6.07, 6.45) is -0.870. The lowest BCUT2D eigenvalue weighted by Gasteiger charge is -2.32. The van der Waals surface area contributed by atoms with E-state index < -0.39 is 12.1 Å². The third kappa shape index (κ3) is 2.90. The first kappa shape index (κ1) is 15.4. The van der Waals surface area contributed by atoms with E-state index in [2.05, 4.69) is 24.0 Å². The number of para-hydroxylation sites is 1. The zero-order valence-corrected chi connectivity index (χ0v) is 13.8. The molecule has 0 saturated heterocycles. The predicted molar refractivity (Wildman–Crippen MR) is 89.8 cm³/mol. The largest absolute Gasteiger partial charge is 0.442 e. The Balaban J connectivity index is 2.02. The Morgan fingerprint density at radius 1 is 1.26 bits per heavy atom. The number of hydrogen-bond donors (Lipinski definition) is 0. The van der Waals surface area contributed by atoms with Crippen LogP contribution in [0.25, 0.3) is 0 Å². The predicted octanol–water partition coefficient (Wildman–Crippen LogP) is 4.44. The third-order valence-electron chi connectivity index (χ3n) is 3.67. The summed E-state index contributed by atoms with van der Waals surface area (Å²) in [5, 5.41) is 9.24. The summed E-state index contributed by atoms with van der Waals surface area (Å²) in [4.78, 5) is 15.6. The van der Waals surface area contributed by atoms with Crippen molar-refractivity contribution < 1.29 is 9.53 Å². The van der Waals surface area contributed by atoms with Crippen molar-refractivity contribution in [2.24, 2.45) is 0 Å². The van der Waals surface area contributed by atoms with E-state index in [0.717, 1.165) is 17.1 Å². The normalized spacial score (nSPS) is 13.5. The molecule has 0 radical (unpaired) electrons. The van der Waals surface area contributed by atoms with Crippen molar-refractivity contribution in [3.63, 3.8) is 0 Å². The van der Waals surface area contributed by atoms with Gasteiger partial charge < -0.3 is 9.64 Å². The summed E-state index contributed by atoms with van der Waals surface area (Å²) in [7, 11) is 0. The van der Waals surface area contributed by atoms with Crippen molar-refractivity contribution in [1.82, 2.24) is 0 Å². The van der Waals surface area contributed by atoms with Crippen molar-refractivity contribution >= 4 is 29.1 Å². The van der Waals surface area contributed by atoms with E-state index in [9.17, 15) is 10.1 Å². The van der Waals surface area contributed by atoms with E-state index in [0.29, 0.717) is 5.56 Å². The lowest BCUT2D eigenvalue weighted by molar-refractivity contribution is -0.144. The lowest BCUT2D eigenvalue weighted by Crippen LogP contribution is -2.20. The quantitative estimate of drug-likeness (QED) is 0.781. The number of anilines is 2. The molecule has 3 rings (SSSR count). The first-order chi connectivity index (χ1) is 11.1. The summed E-state index contributed by atoms with van der Waals surface area (Å²) in [6, 6.07) is 16.1. The first-order valence-corrected chi connectivity index (χ1v) is 8.21. The summed E-state index contributed by atoms with van der Waals surface area (Å²) in [5.74, 6) is -0.456. The fourth-order valence-electron chi connectivity index (χ4n) is 2.69. The van der Waals surface area contributed by atoms with Gasteiger partial charge in [0, 0.05) is 28.8 Å². The van der Waals surface area contributed by atoms with Crippen LogP contribution in [0.3, 0.4) is 0 Å². The number of benzene rings is 2. The molecular weight excluding hydrogens is 308 g/mol.